The summed E-state index contributed by atoms with van der Waals surface area (Å²) in [5, 5.41) is 2.69. The zero-order valence-electron chi connectivity index (χ0n) is 34.7. The summed E-state index contributed by atoms with van der Waals surface area (Å²) in [6, 6.07) is 27.9. The number of rotatable bonds is 4. The van der Waals surface area contributed by atoms with Gasteiger partial charge in [0.2, 0.25) is 0 Å². The quantitative estimate of drug-likeness (QED) is 0.188. The molecule has 0 aliphatic heterocycles. The monoisotopic (exact) mass is 583 g/mol. The Bertz CT molecular complexity index is 3100. The van der Waals surface area contributed by atoms with E-state index in [-0.39, 0.29) is 50.7 Å². The molecule has 9 aromatic rings. The van der Waals surface area contributed by atoms with Crippen molar-refractivity contribution >= 4 is 43.5 Å². The highest BCUT2D eigenvalue weighted by atomic mass is 16.3. The van der Waals surface area contributed by atoms with Crippen LogP contribution in [-0.2, 0) is 0 Å². The van der Waals surface area contributed by atoms with Crippen molar-refractivity contribution in [1.29, 1.82) is 0 Å². The van der Waals surface area contributed by atoms with E-state index in [1.165, 1.54) is 0 Å². The normalized spacial score (nSPS) is 15.0. The predicted molar refractivity (Wildman–Crippen MR) is 190 cm³/mol. The molecular formula is C44H28O. The number of hydrogen-bond donors (Lipinski definition) is 0. The molecule has 0 fully saturated rings. The summed E-state index contributed by atoms with van der Waals surface area (Å²) in [4.78, 5) is 0. The van der Waals surface area contributed by atoms with Crippen LogP contribution in [0.4, 0.5) is 0 Å². The predicted octanol–water partition coefficient (Wildman–Crippen LogP) is 12.6. The fourth-order valence-corrected chi connectivity index (χ4v) is 6.22. The highest BCUT2D eigenvalue weighted by Gasteiger charge is 2.17. The standard InChI is InChI=1S/C44H28O/c1-2-12-29(13-3-1)30-14-10-16-33(26-30)43-36-19-4-6-21-38(36)44(39-22-7-5-20-37(39)43)34-17-11-15-31(27-34)32-24-25-42-40(28-32)35-18-8-9-23-41(35)45-42/h1-28H/i8D,9D,11D,15D,17D,18D,23D,24D,25D,27D,28D. The third kappa shape index (κ3) is 4.24. The molecule has 8 aromatic carbocycles. The Hall–Kier alpha value is -5.92. The molecule has 1 heteroatoms. The molecule has 1 nitrogen and oxygen atoms in total. The second-order valence-corrected chi connectivity index (χ2v) is 10.8. The number of fused-ring (bicyclic) bond motifs is 5. The van der Waals surface area contributed by atoms with Crippen LogP contribution in [0.25, 0.3) is 88.0 Å². The van der Waals surface area contributed by atoms with E-state index in [9.17, 15) is 4.11 Å². The van der Waals surface area contributed by atoms with Gasteiger partial charge in [-0.15, -0.1) is 0 Å². The van der Waals surface area contributed by atoms with Gasteiger partial charge in [0.25, 0.3) is 0 Å². The van der Waals surface area contributed by atoms with Gasteiger partial charge >= 0.3 is 0 Å². The summed E-state index contributed by atoms with van der Waals surface area (Å²) in [5.74, 6) is 0. The topological polar surface area (TPSA) is 13.1 Å². The van der Waals surface area contributed by atoms with E-state index >= 15 is 0 Å². The lowest BCUT2D eigenvalue weighted by molar-refractivity contribution is 0.669. The van der Waals surface area contributed by atoms with Gasteiger partial charge in [-0.05, 0) is 96.3 Å². The van der Waals surface area contributed by atoms with Gasteiger partial charge in [0, 0.05) is 10.8 Å². The summed E-state index contributed by atoms with van der Waals surface area (Å²) < 4.78 is 104. The number of benzene rings is 8. The molecule has 210 valence electrons. The minimum Gasteiger partial charge on any atom is -0.456 e. The van der Waals surface area contributed by atoms with Crippen molar-refractivity contribution in [2.75, 3.05) is 0 Å². The molecule has 0 saturated heterocycles. The van der Waals surface area contributed by atoms with Gasteiger partial charge in [0.1, 0.15) is 11.2 Å². The van der Waals surface area contributed by atoms with Gasteiger partial charge in [-0.25, -0.2) is 0 Å². The molecular weight excluding hydrogens is 544 g/mol. The van der Waals surface area contributed by atoms with Crippen LogP contribution in [0.3, 0.4) is 0 Å². The Kier molecular flexibility index (Phi) is 3.87. The van der Waals surface area contributed by atoms with Gasteiger partial charge in [-0.1, -0.05) is 139 Å². The lowest BCUT2D eigenvalue weighted by Gasteiger charge is -2.18. The Morgan fingerprint density at radius 2 is 0.933 bits per heavy atom. The van der Waals surface area contributed by atoms with E-state index in [4.69, 9.17) is 15.4 Å². The fourth-order valence-electron chi connectivity index (χ4n) is 6.22. The highest BCUT2D eigenvalue weighted by Crippen LogP contribution is 2.45. The Labute approximate surface area is 277 Å². The fraction of sp³-hybridized carbons (Fsp3) is 0. The minimum absolute atomic E-state index is 0.0161. The molecule has 9 rings (SSSR count). The van der Waals surface area contributed by atoms with Crippen molar-refractivity contribution < 1.29 is 19.5 Å². The first-order chi connectivity index (χ1) is 26.9. The zero-order chi connectivity index (χ0) is 39.3. The van der Waals surface area contributed by atoms with Crippen LogP contribution in [-0.4, -0.2) is 0 Å². The van der Waals surface area contributed by atoms with E-state index in [2.05, 4.69) is 24.3 Å². The molecule has 0 amide bonds. The smallest absolute Gasteiger partial charge is 0.135 e. The first kappa shape index (κ1) is 16.8. The maximum atomic E-state index is 9.73. The summed E-state index contributed by atoms with van der Waals surface area (Å²) in [5.41, 5.74) is 3.23. The van der Waals surface area contributed by atoms with Gasteiger partial charge in [-0.2, -0.15) is 0 Å². The Morgan fingerprint density at radius 1 is 0.356 bits per heavy atom. The third-order valence-corrected chi connectivity index (χ3v) is 8.20. The van der Waals surface area contributed by atoms with Crippen molar-refractivity contribution in [2.45, 2.75) is 0 Å². The van der Waals surface area contributed by atoms with Gasteiger partial charge in [0.05, 0.1) is 15.1 Å². The van der Waals surface area contributed by atoms with Crippen LogP contribution in [0.2, 0.25) is 0 Å². The molecule has 0 aliphatic rings. The second kappa shape index (κ2) is 10.4. The van der Waals surface area contributed by atoms with Gasteiger partial charge in [-0.3, -0.25) is 0 Å². The molecule has 0 radical (unpaired) electrons. The van der Waals surface area contributed by atoms with E-state index < -0.39 is 54.4 Å². The lowest BCUT2D eigenvalue weighted by atomic mass is 9.85. The summed E-state index contributed by atoms with van der Waals surface area (Å²) >= 11 is 0. The van der Waals surface area contributed by atoms with Crippen LogP contribution in [0.5, 0.6) is 0 Å². The molecule has 0 unspecified atom stereocenters. The van der Waals surface area contributed by atoms with Crippen LogP contribution in [0, 0.1) is 0 Å². The van der Waals surface area contributed by atoms with E-state index in [0.29, 0.717) is 16.3 Å². The highest BCUT2D eigenvalue weighted by molar-refractivity contribution is 6.21. The SMILES string of the molecule is [2H]c1c([2H])c(-c2c([2H])c([2H])c3oc4c([2H])c([2H])c([2H])c([2H])c4c3c2[2H])c([2H])c(-c2c3ccccc3c(-c3cccc(-c4ccccc4)c3)c3ccccc23)c1[2H]. The molecule has 45 heavy (non-hydrogen) atoms. The van der Waals surface area contributed by atoms with Crippen molar-refractivity contribution in [3.05, 3.63) is 170 Å². The summed E-state index contributed by atoms with van der Waals surface area (Å²) in [7, 11) is 0. The van der Waals surface area contributed by atoms with Crippen molar-refractivity contribution in [2.24, 2.45) is 0 Å². The average Bonchev–Trinajstić information content (AvgIpc) is 3.63. The van der Waals surface area contributed by atoms with Crippen LogP contribution in [0.15, 0.2) is 174 Å². The summed E-state index contributed by atoms with van der Waals surface area (Å²) in [6.07, 6.45) is 0. The second-order valence-electron chi connectivity index (χ2n) is 10.8. The number of para-hydroxylation sites is 1. The molecule has 0 N–H and O–H groups in total. The zero-order valence-corrected chi connectivity index (χ0v) is 23.7. The summed E-state index contributed by atoms with van der Waals surface area (Å²) in [6.45, 7) is 0. The molecule has 1 aromatic heterocycles. The maximum absolute atomic E-state index is 9.73. The molecule has 0 atom stereocenters. The van der Waals surface area contributed by atoms with Gasteiger partial charge in [0.15, 0.2) is 0 Å². The molecule has 0 aliphatic carbocycles. The van der Waals surface area contributed by atoms with Crippen molar-refractivity contribution in [3.63, 3.8) is 0 Å². The molecule has 1 heterocycles. The maximum Gasteiger partial charge on any atom is 0.135 e. The van der Waals surface area contributed by atoms with E-state index in [0.717, 1.165) is 33.0 Å². The van der Waals surface area contributed by atoms with Gasteiger partial charge < -0.3 is 4.42 Å². The molecule has 0 spiro atoms. The minimum atomic E-state index is -0.581. The first-order valence-corrected chi connectivity index (χ1v) is 14.5. The van der Waals surface area contributed by atoms with Crippen LogP contribution in [0.1, 0.15) is 15.1 Å². The average molecular weight is 584 g/mol. The lowest BCUT2D eigenvalue weighted by Crippen LogP contribution is -1.91. The Balaban J connectivity index is 1.38. The number of hydrogen-bond acceptors (Lipinski definition) is 1. The van der Waals surface area contributed by atoms with E-state index in [1.807, 2.05) is 78.9 Å². The molecule has 0 saturated carbocycles. The van der Waals surface area contributed by atoms with Crippen LogP contribution >= 0.6 is 0 Å². The number of furan rings is 1. The largest absolute Gasteiger partial charge is 0.456 e. The third-order valence-electron chi connectivity index (χ3n) is 8.20. The van der Waals surface area contributed by atoms with Crippen LogP contribution < -0.4 is 0 Å². The Morgan fingerprint density at radius 3 is 1.69 bits per heavy atom. The van der Waals surface area contributed by atoms with Crippen molar-refractivity contribution in [1.82, 2.24) is 0 Å². The van der Waals surface area contributed by atoms with Crippen molar-refractivity contribution in [3.8, 4) is 44.5 Å². The molecule has 0 bridgehead atoms. The first-order valence-electron chi connectivity index (χ1n) is 20.0. The van der Waals surface area contributed by atoms with E-state index in [1.54, 1.807) is 0 Å².